The maximum absolute atomic E-state index is 12.6. The smallest absolute Gasteiger partial charge is 0.371 e. The maximum Gasteiger partial charge on any atom is 0.380 e. The summed E-state index contributed by atoms with van der Waals surface area (Å²) in [7, 11) is -4.09. The highest BCUT2D eigenvalue weighted by Gasteiger charge is 2.23. The Hall–Kier alpha value is -3.22. The van der Waals surface area contributed by atoms with Gasteiger partial charge in [-0.05, 0) is 42.5 Å². The lowest BCUT2D eigenvalue weighted by Crippen LogP contribution is -2.50. The van der Waals surface area contributed by atoms with E-state index in [1.807, 2.05) is 35.2 Å². The molecule has 1 aromatic heterocycles. The van der Waals surface area contributed by atoms with Crippen LogP contribution >= 0.6 is 15.9 Å². The molecule has 3 aromatic rings. The predicted octanol–water partition coefficient (Wildman–Crippen LogP) is 2.84. The molecule has 4 rings (SSSR count). The fourth-order valence-electron chi connectivity index (χ4n) is 3.35. The molecule has 2 aromatic carbocycles. The van der Waals surface area contributed by atoms with Crippen LogP contribution in [-0.2, 0) is 10.3 Å². The predicted molar refractivity (Wildman–Crippen MR) is 128 cm³/mol. The summed E-state index contributed by atoms with van der Waals surface area (Å²) in [5.74, 6) is 0.687. The second-order valence-electron chi connectivity index (χ2n) is 7.26. The molecule has 172 valence electrons. The fraction of sp³-hybridized carbons (Fsp3) is 0.190. The first-order valence-electron chi connectivity index (χ1n) is 9.99. The molecule has 10 nitrogen and oxygen atoms in total. The third-order valence-electron chi connectivity index (χ3n) is 4.93. The Morgan fingerprint density at radius 2 is 1.79 bits per heavy atom. The Morgan fingerprint density at radius 1 is 1.06 bits per heavy atom. The zero-order valence-electron chi connectivity index (χ0n) is 17.4. The molecule has 0 bridgehead atoms. The van der Waals surface area contributed by atoms with Crippen molar-refractivity contribution in [3.63, 3.8) is 0 Å². The molecule has 0 atom stereocenters. The Kier molecular flexibility index (Phi) is 6.77. The number of halogens is 1. The number of urea groups is 1. The van der Waals surface area contributed by atoms with Gasteiger partial charge in [0.2, 0.25) is 5.95 Å². The quantitative estimate of drug-likeness (QED) is 0.516. The van der Waals surface area contributed by atoms with Crippen molar-refractivity contribution in [1.29, 1.82) is 0 Å². The third kappa shape index (κ3) is 6.18. The van der Waals surface area contributed by atoms with Crippen LogP contribution in [0.5, 0.6) is 5.75 Å². The molecule has 0 spiro atoms. The van der Waals surface area contributed by atoms with Crippen LogP contribution < -0.4 is 19.5 Å². The summed E-state index contributed by atoms with van der Waals surface area (Å²) in [6.45, 7) is 2.19. The number of rotatable bonds is 5. The van der Waals surface area contributed by atoms with Gasteiger partial charge in [0.15, 0.2) is 0 Å². The summed E-state index contributed by atoms with van der Waals surface area (Å²) in [5, 5.41) is 7.63. The van der Waals surface area contributed by atoms with Crippen molar-refractivity contribution in [2.45, 2.75) is 0 Å². The number of carbonyl (C=O) groups is 1. The Labute approximate surface area is 199 Å². The number of amides is 2. The monoisotopic (exact) mass is 532 g/mol. The van der Waals surface area contributed by atoms with Crippen LogP contribution in [0, 0.1) is 0 Å². The average molecular weight is 533 g/mol. The molecule has 2 heterocycles. The van der Waals surface area contributed by atoms with Gasteiger partial charge in [-0.1, -0.05) is 28.1 Å². The van der Waals surface area contributed by atoms with Gasteiger partial charge in [0.05, 0.1) is 5.69 Å². The van der Waals surface area contributed by atoms with Crippen molar-refractivity contribution in [1.82, 2.24) is 14.9 Å². The summed E-state index contributed by atoms with van der Waals surface area (Å²) in [6.07, 6.45) is 1.74. The summed E-state index contributed by atoms with van der Waals surface area (Å²) in [5.41, 5.74) is 2.33. The van der Waals surface area contributed by atoms with Gasteiger partial charge in [0.1, 0.15) is 5.75 Å². The van der Waals surface area contributed by atoms with Crippen LogP contribution in [0.15, 0.2) is 65.3 Å². The van der Waals surface area contributed by atoms with E-state index in [1.54, 1.807) is 11.1 Å². The van der Waals surface area contributed by atoms with Gasteiger partial charge >= 0.3 is 16.3 Å². The molecular weight excluding hydrogens is 512 g/mol. The van der Waals surface area contributed by atoms with Crippen molar-refractivity contribution in [2.75, 3.05) is 36.4 Å². The summed E-state index contributed by atoms with van der Waals surface area (Å²) >= 11 is 3.48. The average Bonchev–Trinajstić information content (AvgIpc) is 2.80. The number of aromatic nitrogens is 2. The molecule has 3 N–H and O–H groups in total. The van der Waals surface area contributed by atoms with Crippen LogP contribution in [0.25, 0.3) is 11.3 Å². The Balaban J connectivity index is 1.34. The Bertz CT molecular complexity index is 1250. The van der Waals surface area contributed by atoms with Gasteiger partial charge in [-0.15, -0.1) is 0 Å². The minimum Gasteiger partial charge on any atom is -0.371 e. The molecule has 0 unspecified atom stereocenters. The van der Waals surface area contributed by atoms with E-state index >= 15 is 0 Å². The van der Waals surface area contributed by atoms with E-state index < -0.39 is 10.3 Å². The second-order valence-corrected chi connectivity index (χ2v) is 9.32. The molecule has 1 aliphatic rings. The van der Waals surface area contributed by atoms with E-state index in [0.29, 0.717) is 37.8 Å². The first kappa shape index (κ1) is 23.0. The van der Waals surface area contributed by atoms with Crippen LogP contribution in [0.4, 0.5) is 16.4 Å². The van der Waals surface area contributed by atoms with Crippen LogP contribution in [0.2, 0.25) is 0 Å². The van der Waals surface area contributed by atoms with Crippen LogP contribution in [0.3, 0.4) is 0 Å². The maximum atomic E-state index is 12.6. The minimum atomic E-state index is -4.09. The molecule has 1 fully saturated rings. The number of nitrogens with one attached hydrogen (secondary N) is 1. The van der Waals surface area contributed by atoms with Gasteiger partial charge in [0.25, 0.3) is 0 Å². The number of anilines is 2. The van der Waals surface area contributed by atoms with Crippen LogP contribution in [0.1, 0.15) is 0 Å². The van der Waals surface area contributed by atoms with Gasteiger partial charge in [-0.25, -0.2) is 14.8 Å². The SMILES string of the molecule is NS(=O)(=O)Oc1ccc(NC(=O)N2CCN(c3nccc(-c4cccc(Br)c4)n3)CC2)cc1. The first-order valence-corrected chi connectivity index (χ1v) is 12.3. The summed E-state index contributed by atoms with van der Waals surface area (Å²) < 4.78 is 27.5. The van der Waals surface area contributed by atoms with E-state index in [9.17, 15) is 13.2 Å². The molecule has 2 amide bonds. The molecule has 0 saturated carbocycles. The largest absolute Gasteiger partial charge is 0.380 e. The highest BCUT2D eigenvalue weighted by molar-refractivity contribution is 9.10. The lowest BCUT2D eigenvalue weighted by Gasteiger charge is -2.34. The first-order chi connectivity index (χ1) is 15.8. The fourth-order valence-corrected chi connectivity index (χ4v) is 4.13. The number of piperazine rings is 1. The topological polar surface area (TPSA) is 131 Å². The number of nitrogens with zero attached hydrogens (tertiary/aromatic N) is 4. The van der Waals surface area contributed by atoms with Gasteiger partial charge in [-0.3, -0.25) is 0 Å². The van der Waals surface area contributed by atoms with Gasteiger partial charge in [0, 0.05) is 48.1 Å². The van der Waals surface area contributed by atoms with E-state index in [1.165, 1.54) is 24.3 Å². The molecule has 1 aliphatic heterocycles. The van der Waals surface area contributed by atoms with Crippen molar-refractivity contribution < 1.29 is 17.4 Å². The van der Waals surface area contributed by atoms with E-state index in [2.05, 4.69) is 30.4 Å². The Morgan fingerprint density at radius 3 is 2.45 bits per heavy atom. The highest BCUT2D eigenvalue weighted by atomic mass is 79.9. The van der Waals surface area contributed by atoms with E-state index in [4.69, 9.17) is 10.1 Å². The minimum absolute atomic E-state index is 0.0641. The van der Waals surface area contributed by atoms with Gasteiger partial charge in [-0.2, -0.15) is 13.6 Å². The third-order valence-corrected chi connectivity index (χ3v) is 5.85. The summed E-state index contributed by atoms with van der Waals surface area (Å²) in [4.78, 5) is 25.4. The lowest BCUT2D eigenvalue weighted by molar-refractivity contribution is 0.208. The lowest BCUT2D eigenvalue weighted by atomic mass is 10.1. The normalized spacial score (nSPS) is 14.1. The molecule has 33 heavy (non-hydrogen) atoms. The number of carbonyl (C=O) groups excluding carboxylic acids is 1. The van der Waals surface area contributed by atoms with Crippen molar-refractivity contribution in [3.8, 4) is 17.0 Å². The summed E-state index contributed by atoms with van der Waals surface area (Å²) in [6, 6.07) is 15.4. The molecule has 0 aliphatic carbocycles. The van der Waals surface area contributed by atoms with Crippen molar-refractivity contribution in [2.24, 2.45) is 5.14 Å². The zero-order valence-corrected chi connectivity index (χ0v) is 19.8. The number of nitrogens with two attached hydrogens (primary N) is 1. The van der Waals surface area contributed by atoms with E-state index in [0.717, 1.165) is 15.7 Å². The van der Waals surface area contributed by atoms with Crippen LogP contribution in [-0.4, -0.2) is 55.5 Å². The number of benzene rings is 2. The standard InChI is InChI=1S/C21H21BrN6O4S/c22-16-3-1-2-15(14-16)19-8-9-24-20(26-19)27-10-12-28(13-11-27)21(29)25-17-4-6-18(7-5-17)32-33(23,30)31/h1-9,14H,10-13H2,(H,25,29)(H2,23,30,31). The molecule has 1 saturated heterocycles. The number of hydrogen-bond donors (Lipinski definition) is 2. The number of hydrogen-bond acceptors (Lipinski definition) is 7. The van der Waals surface area contributed by atoms with Crippen molar-refractivity contribution >= 4 is 43.9 Å². The van der Waals surface area contributed by atoms with E-state index in [-0.39, 0.29) is 11.8 Å². The highest BCUT2D eigenvalue weighted by Crippen LogP contribution is 2.23. The molecule has 12 heteroatoms. The molecule has 0 radical (unpaired) electrons. The second kappa shape index (κ2) is 9.73. The van der Waals surface area contributed by atoms with Crippen molar-refractivity contribution in [3.05, 3.63) is 65.3 Å². The zero-order chi connectivity index (χ0) is 23.4. The van der Waals surface area contributed by atoms with Gasteiger partial charge < -0.3 is 19.3 Å². The molecular formula is C21H21BrN6O4S.